The Labute approximate surface area is 106 Å². The third-order valence-corrected chi connectivity index (χ3v) is 2.93. The van der Waals surface area contributed by atoms with Crippen molar-refractivity contribution in [2.75, 3.05) is 0 Å². The summed E-state index contributed by atoms with van der Waals surface area (Å²) in [7, 11) is 0. The molecule has 0 aliphatic rings. The second-order valence-corrected chi connectivity index (χ2v) is 4.14. The number of nitrogens with two attached hydrogens (primary N) is 1. The standard InChI is InChI=1S/C13H17FN4/c1-3-11-6-12(18(4-2)17-11)13(15)9-5-10(14)8-16-7-9/h5-8,13H,3-4,15H2,1-2H3. The SMILES string of the molecule is CCc1cc(C(N)c2cncc(F)c2)n(CC)n1. The highest BCUT2D eigenvalue weighted by atomic mass is 19.1. The van der Waals surface area contributed by atoms with Gasteiger partial charge in [0.1, 0.15) is 5.82 Å². The normalized spacial score (nSPS) is 12.7. The second-order valence-electron chi connectivity index (χ2n) is 4.14. The minimum atomic E-state index is -0.402. The summed E-state index contributed by atoms with van der Waals surface area (Å²) in [6.45, 7) is 4.79. The van der Waals surface area contributed by atoms with Gasteiger partial charge in [-0.3, -0.25) is 9.67 Å². The van der Waals surface area contributed by atoms with E-state index in [0.29, 0.717) is 5.56 Å². The van der Waals surface area contributed by atoms with Gasteiger partial charge in [-0.15, -0.1) is 0 Å². The van der Waals surface area contributed by atoms with E-state index in [0.717, 1.165) is 24.4 Å². The van der Waals surface area contributed by atoms with E-state index in [2.05, 4.69) is 10.1 Å². The number of aromatic nitrogens is 3. The summed E-state index contributed by atoms with van der Waals surface area (Å²) in [5.74, 6) is -0.374. The van der Waals surface area contributed by atoms with Gasteiger partial charge in [-0.25, -0.2) is 4.39 Å². The molecule has 96 valence electrons. The van der Waals surface area contributed by atoms with Crippen molar-refractivity contribution in [1.29, 1.82) is 0 Å². The van der Waals surface area contributed by atoms with Gasteiger partial charge in [-0.05, 0) is 31.0 Å². The van der Waals surface area contributed by atoms with Gasteiger partial charge in [-0.1, -0.05) is 6.92 Å². The van der Waals surface area contributed by atoms with E-state index in [1.807, 2.05) is 24.6 Å². The van der Waals surface area contributed by atoms with E-state index in [1.54, 1.807) is 6.20 Å². The molecule has 0 amide bonds. The van der Waals surface area contributed by atoms with Crippen molar-refractivity contribution in [3.05, 3.63) is 47.3 Å². The molecule has 1 atom stereocenters. The molecule has 0 saturated heterocycles. The fourth-order valence-electron chi connectivity index (χ4n) is 1.93. The molecule has 0 aromatic carbocycles. The van der Waals surface area contributed by atoms with Crippen LogP contribution < -0.4 is 5.73 Å². The molecule has 2 N–H and O–H groups in total. The van der Waals surface area contributed by atoms with Crippen molar-refractivity contribution < 1.29 is 4.39 Å². The number of halogens is 1. The number of pyridine rings is 1. The van der Waals surface area contributed by atoms with Crippen molar-refractivity contribution in [3.63, 3.8) is 0 Å². The van der Waals surface area contributed by atoms with Gasteiger partial charge in [0.25, 0.3) is 0 Å². The topological polar surface area (TPSA) is 56.7 Å². The van der Waals surface area contributed by atoms with Crippen molar-refractivity contribution in [3.8, 4) is 0 Å². The maximum Gasteiger partial charge on any atom is 0.141 e. The predicted octanol–water partition coefficient (Wildman–Crippen LogP) is 2.05. The average molecular weight is 248 g/mol. The van der Waals surface area contributed by atoms with E-state index < -0.39 is 6.04 Å². The van der Waals surface area contributed by atoms with Gasteiger partial charge >= 0.3 is 0 Å². The third kappa shape index (κ3) is 2.41. The minimum Gasteiger partial charge on any atom is -0.319 e. The molecule has 4 nitrogen and oxygen atoms in total. The Morgan fingerprint density at radius 3 is 2.72 bits per heavy atom. The maximum absolute atomic E-state index is 13.2. The number of aryl methyl sites for hydroxylation is 2. The Morgan fingerprint density at radius 2 is 2.11 bits per heavy atom. The molecule has 0 spiro atoms. The van der Waals surface area contributed by atoms with Gasteiger partial charge in [0.15, 0.2) is 0 Å². The van der Waals surface area contributed by atoms with Crippen LogP contribution in [0.25, 0.3) is 0 Å². The van der Waals surface area contributed by atoms with Gasteiger partial charge in [0.2, 0.25) is 0 Å². The Bertz CT molecular complexity index is 536. The van der Waals surface area contributed by atoms with Crippen LogP contribution in [0.5, 0.6) is 0 Å². The van der Waals surface area contributed by atoms with E-state index in [1.165, 1.54) is 12.3 Å². The van der Waals surface area contributed by atoms with Gasteiger partial charge in [0, 0.05) is 12.7 Å². The first-order chi connectivity index (χ1) is 8.65. The zero-order chi connectivity index (χ0) is 13.1. The van der Waals surface area contributed by atoms with Crippen LogP contribution in [0.1, 0.15) is 36.8 Å². The first-order valence-electron chi connectivity index (χ1n) is 6.08. The molecule has 0 radical (unpaired) electrons. The van der Waals surface area contributed by atoms with Crippen LogP contribution in [0.3, 0.4) is 0 Å². The van der Waals surface area contributed by atoms with E-state index in [4.69, 9.17) is 5.73 Å². The van der Waals surface area contributed by atoms with E-state index in [-0.39, 0.29) is 5.82 Å². The Kier molecular flexibility index (Phi) is 3.72. The summed E-state index contributed by atoms with van der Waals surface area (Å²) in [6.07, 6.45) is 3.62. The number of hydrogen-bond donors (Lipinski definition) is 1. The highest BCUT2D eigenvalue weighted by molar-refractivity contribution is 5.26. The largest absolute Gasteiger partial charge is 0.319 e. The fraction of sp³-hybridized carbons (Fsp3) is 0.385. The molecule has 0 saturated carbocycles. The van der Waals surface area contributed by atoms with E-state index in [9.17, 15) is 4.39 Å². The molecule has 2 heterocycles. The summed E-state index contributed by atoms with van der Waals surface area (Å²) in [4.78, 5) is 3.83. The maximum atomic E-state index is 13.2. The summed E-state index contributed by atoms with van der Waals surface area (Å²) in [5.41, 5.74) is 8.70. The summed E-state index contributed by atoms with van der Waals surface area (Å²) in [6, 6.07) is 2.98. The van der Waals surface area contributed by atoms with Crippen molar-refractivity contribution in [2.24, 2.45) is 5.73 Å². The second kappa shape index (κ2) is 5.27. The van der Waals surface area contributed by atoms with E-state index >= 15 is 0 Å². The average Bonchev–Trinajstić information content (AvgIpc) is 2.81. The number of rotatable bonds is 4. The molecular formula is C13H17FN4. The number of nitrogens with zero attached hydrogens (tertiary/aromatic N) is 3. The monoisotopic (exact) mass is 248 g/mol. The lowest BCUT2D eigenvalue weighted by Crippen LogP contribution is -2.17. The molecule has 5 heteroatoms. The summed E-state index contributed by atoms with van der Waals surface area (Å²) >= 11 is 0. The van der Waals surface area contributed by atoms with Crippen LogP contribution in [0.15, 0.2) is 24.5 Å². The molecule has 0 bridgehead atoms. The Morgan fingerprint density at radius 1 is 1.33 bits per heavy atom. The zero-order valence-electron chi connectivity index (χ0n) is 10.6. The quantitative estimate of drug-likeness (QED) is 0.901. The number of hydrogen-bond acceptors (Lipinski definition) is 3. The van der Waals surface area contributed by atoms with Crippen LogP contribution in [-0.2, 0) is 13.0 Å². The molecule has 2 aromatic heterocycles. The Balaban J connectivity index is 2.38. The highest BCUT2D eigenvalue weighted by Gasteiger charge is 2.16. The van der Waals surface area contributed by atoms with Gasteiger partial charge < -0.3 is 5.73 Å². The predicted molar refractivity (Wildman–Crippen MR) is 67.5 cm³/mol. The molecule has 18 heavy (non-hydrogen) atoms. The lowest BCUT2D eigenvalue weighted by atomic mass is 10.1. The van der Waals surface area contributed by atoms with Crippen LogP contribution in [0.2, 0.25) is 0 Å². The fourth-order valence-corrected chi connectivity index (χ4v) is 1.93. The molecule has 2 rings (SSSR count). The zero-order valence-corrected chi connectivity index (χ0v) is 10.6. The van der Waals surface area contributed by atoms with Crippen molar-refractivity contribution >= 4 is 0 Å². The molecule has 1 unspecified atom stereocenters. The summed E-state index contributed by atoms with van der Waals surface area (Å²) < 4.78 is 15.0. The van der Waals surface area contributed by atoms with Crippen molar-refractivity contribution in [1.82, 2.24) is 14.8 Å². The first kappa shape index (κ1) is 12.7. The van der Waals surface area contributed by atoms with Crippen LogP contribution in [0, 0.1) is 5.82 Å². The molecule has 0 fully saturated rings. The van der Waals surface area contributed by atoms with Crippen molar-refractivity contribution in [2.45, 2.75) is 32.9 Å². The van der Waals surface area contributed by atoms with Crippen LogP contribution in [0.4, 0.5) is 4.39 Å². The lowest BCUT2D eigenvalue weighted by Gasteiger charge is -2.13. The summed E-state index contributed by atoms with van der Waals surface area (Å²) in [5, 5.41) is 4.44. The molecular weight excluding hydrogens is 231 g/mol. The third-order valence-electron chi connectivity index (χ3n) is 2.93. The minimum absolute atomic E-state index is 0.374. The Hall–Kier alpha value is -1.75. The van der Waals surface area contributed by atoms with Crippen LogP contribution in [-0.4, -0.2) is 14.8 Å². The molecule has 0 aliphatic heterocycles. The molecule has 2 aromatic rings. The lowest BCUT2D eigenvalue weighted by molar-refractivity contribution is 0.587. The first-order valence-corrected chi connectivity index (χ1v) is 6.08. The van der Waals surface area contributed by atoms with Gasteiger partial charge in [-0.2, -0.15) is 5.10 Å². The molecule has 0 aliphatic carbocycles. The van der Waals surface area contributed by atoms with Gasteiger partial charge in [0.05, 0.1) is 23.6 Å². The van der Waals surface area contributed by atoms with Crippen LogP contribution >= 0.6 is 0 Å². The smallest absolute Gasteiger partial charge is 0.141 e. The highest BCUT2D eigenvalue weighted by Crippen LogP contribution is 2.20.